The highest BCUT2D eigenvalue weighted by Gasteiger charge is 2.30. The predicted molar refractivity (Wildman–Crippen MR) is 74.0 cm³/mol. The van der Waals surface area contributed by atoms with E-state index < -0.39 is 11.7 Å². The van der Waals surface area contributed by atoms with E-state index in [0.29, 0.717) is 0 Å². The number of aromatic amines is 1. The van der Waals surface area contributed by atoms with Crippen LogP contribution in [0.3, 0.4) is 0 Å². The zero-order valence-corrected chi connectivity index (χ0v) is 11.6. The fraction of sp³-hybridized carbons (Fsp3) is 0.267. The van der Waals surface area contributed by atoms with Crippen molar-refractivity contribution >= 4 is 11.6 Å². The second-order valence-corrected chi connectivity index (χ2v) is 4.91. The first-order chi connectivity index (χ1) is 9.75. The van der Waals surface area contributed by atoms with Crippen molar-refractivity contribution in [2.75, 3.05) is 5.32 Å². The second kappa shape index (κ2) is 5.63. The number of alkyl halides is 3. The number of amides is 1. The number of aryl methyl sites for hydroxylation is 2. The molecule has 1 heterocycles. The smallest absolute Gasteiger partial charge is 0.362 e. The van der Waals surface area contributed by atoms with Crippen LogP contribution < -0.4 is 5.32 Å². The molecule has 112 valence electrons. The summed E-state index contributed by atoms with van der Waals surface area (Å²) in [7, 11) is 0. The second-order valence-electron chi connectivity index (χ2n) is 4.91. The van der Waals surface area contributed by atoms with Crippen molar-refractivity contribution in [3.05, 3.63) is 52.8 Å². The van der Waals surface area contributed by atoms with Gasteiger partial charge < -0.3 is 10.3 Å². The molecule has 0 atom stereocenters. The van der Waals surface area contributed by atoms with Crippen molar-refractivity contribution in [3.63, 3.8) is 0 Å². The maximum atomic E-state index is 12.6. The number of benzene rings is 1. The van der Waals surface area contributed by atoms with E-state index >= 15 is 0 Å². The van der Waals surface area contributed by atoms with Crippen LogP contribution in [-0.4, -0.2) is 10.9 Å². The minimum absolute atomic E-state index is 0.117. The van der Waals surface area contributed by atoms with Gasteiger partial charge in [0.15, 0.2) is 0 Å². The number of nitrogens with one attached hydrogen (secondary N) is 2. The Morgan fingerprint density at radius 2 is 1.95 bits per heavy atom. The summed E-state index contributed by atoms with van der Waals surface area (Å²) in [6.07, 6.45) is -4.30. The molecule has 1 aromatic heterocycles. The van der Waals surface area contributed by atoms with Gasteiger partial charge in [-0.2, -0.15) is 13.2 Å². The van der Waals surface area contributed by atoms with Gasteiger partial charge in [0.05, 0.1) is 12.0 Å². The van der Waals surface area contributed by atoms with Crippen LogP contribution in [0.2, 0.25) is 0 Å². The van der Waals surface area contributed by atoms with E-state index in [1.807, 2.05) is 19.9 Å². The van der Waals surface area contributed by atoms with E-state index in [1.54, 1.807) is 0 Å². The molecule has 0 aliphatic rings. The van der Waals surface area contributed by atoms with Gasteiger partial charge in [0.2, 0.25) is 5.91 Å². The van der Waals surface area contributed by atoms with Crippen LogP contribution in [0.4, 0.5) is 18.9 Å². The number of hydrogen-bond acceptors (Lipinski definition) is 1. The molecule has 0 spiro atoms. The molecule has 0 radical (unpaired) electrons. The van der Waals surface area contributed by atoms with Crippen molar-refractivity contribution in [3.8, 4) is 0 Å². The Balaban J connectivity index is 2.08. The van der Waals surface area contributed by atoms with E-state index in [4.69, 9.17) is 0 Å². The summed E-state index contributed by atoms with van der Waals surface area (Å²) < 4.78 is 37.8. The van der Waals surface area contributed by atoms with Gasteiger partial charge in [0.25, 0.3) is 0 Å². The van der Waals surface area contributed by atoms with Gasteiger partial charge in [0, 0.05) is 17.1 Å². The van der Waals surface area contributed by atoms with Crippen LogP contribution in [-0.2, 0) is 17.4 Å². The Bertz CT molecular complexity index is 659. The van der Waals surface area contributed by atoms with Crippen LogP contribution in [0.5, 0.6) is 0 Å². The van der Waals surface area contributed by atoms with Gasteiger partial charge in [-0.15, -0.1) is 0 Å². The Hall–Kier alpha value is -2.24. The first-order valence-corrected chi connectivity index (χ1v) is 6.38. The molecular formula is C15H15F3N2O. The van der Waals surface area contributed by atoms with Crippen molar-refractivity contribution in [1.29, 1.82) is 0 Å². The molecule has 2 N–H and O–H groups in total. The van der Waals surface area contributed by atoms with Crippen LogP contribution in [0, 0.1) is 13.8 Å². The molecule has 2 aromatic rings. The summed E-state index contributed by atoms with van der Waals surface area (Å²) in [5, 5.41) is 2.49. The average molecular weight is 296 g/mol. The molecule has 21 heavy (non-hydrogen) atoms. The number of hydrogen-bond donors (Lipinski definition) is 2. The first-order valence-electron chi connectivity index (χ1n) is 6.38. The molecule has 0 aliphatic heterocycles. The highest BCUT2D eigenvalue weighted by Crippen LogP contribution is 2.30. The molecule has 0 saturated heterocycles. The van der Waals surface area contributed by atoms with E-state index in [9.17, 15) is 18.0 Å². The minimum atomic E-state index is -4.42. The van der Waals surface area contributed by atoms with Gasteiger partial charge in [-0.1, -0.05) is 6.07 Å². The van der Waals surface area contributed by atoms with Crippen molar-refractivity contribution in [2.24, 2.45) is 0 Å². The molecule has 0 aliphatic carbocycles. The van der Waals surface area contributed by atoms with E-state index in [1.165, 1.54) is 12.1 Å². The molecule has 2 rings (SSSR count). The van der Waals surface area contributed by atoms with Crippen LogP contribution in [0.1, 0.15) is 22.5 Å². The van der Waals surface area contributed by atoms with Gasteiger partial charge >= 0.3 is 6.18 Å². The topological polar surface area (TPSA) is 44.9 Å². The van der Waals surface area contributed by atoms with Gasteiger partial charge in [-0.05, 0) is 43.7 Å². The Morgan fingerprint density at radius 3 is 2.52 bits per heavy atom. The van der Waals surface area contributed by atoms with Crippen LogP contribution in [0.15, 0.2) is 30.3 Å². The third kappa shape index (κ3) is 3.87. The van der Waals surface area contributed by atoms with E-state index in [0.717, 1.165) is 29.1 Å². The highest BCUT2D eigenvalue weighted by atomic mass is 19.4. The lowest BCUT2D eigenvalue weighted by Gasteiger charge is -2.09. The third-order valence-electron chi connectivity index (χ3n) is 3.08. The summed E-state index contributed by atoms with van der Waals surface area (Å²) in [6.45, 7) is 3.72. The quantitative estimate of drug-likeness (QED) is 0.888. The molecule has 6 heteroatoms. The molecule has 0 unspecified atom stereocenters. The third-order valence-corrected chi connectivity index (χ3v) is 3.08. The fourth-order valence-electron chi connectivity index (χ4n) is 2.12. The Morgan fingerprint density at radius 1 is 1.24 bits per heavy atom. The summed E-state index contributed by atoms with van der Waals surface area (Å²) in [5.74, 6) is -0.351. The van der Waals surface area contributed by atoms with Crippen LogP contribution in [0.25, 0.3) is 0 Å². The highest BCUT2D eigenvalue weighted by molar-refractivity contribution is 5.92. The molecule has 3 nitrogen and oxygen atoms in total. The zero-order chi connectivity index (χ0) is 15.6. The number of carbonyl (C=O) groups is 1. The number of halogens is 3. The molecule has 1 aromatic carbocycles. The molecular weight excluding hydrogens is 281 g/mol. The van der Waals surface area contributed by atoms with Crippen molar-refractivity contribution in [2.45, 2.75) is 26.4 Å². The van der Waals surface area contributed by atoms with Gasteiger partial charge in [0.1, 0.15) is 0 Å². The minimum Gasteiger partial charge on any atom is -0.362 e. The predicted octanol–water partition coefficient (Wildman–Crippen LogP) is 3.83. The van der Waals surface area contributed by atoms with E-state index in [-0.39, 0.29) is 18.0 Å². The largest absolute Gasteiger partial charge is 0.416 e. The van der Waals surface area contributed by atoms with Crippen molar-refractivity contribution < 1.29 is 18.0 Å². The Labute approximate surface area is 120 Å². The van der Waals surface area contributed by atoms with Crippen LogP contribution >= 0.6 is 0 Å². The summed E-state index contributed by atoms with van der Waals surface area (Å²) in [5.41, 5.74) is 2.01. The number of rotatable bonds is 3. The molecule has 0 saturated carbocycles. The summed E-state index contributed by atoms with van der Waals surface area (Å²) in [4.78, 5) is 15.0. The summed E-state index contributed by atoms with van der Waals surface area (Å²) in [6, 6.07) is 6.44. The standard InChI is InChI=1S/C15H15F3N2O/c1-9-6-11(10(2)19-9)7-14(21)20-13-5-3-4-12(8-13)15(16,17)18/h3-6,8,19H,7H2,1-2H3,(H,20,21). The zero-order valence-electron chi connectivity index (χ0n) is 11.6. The molecule has 0 bridgehead atoms. The maximum absolute atomic E-state index is 12.6. The SMILES string of the molecule is Cc1cc(CC(=O)Nc2cccc(C(F)(F)F)c2)c(C)[nH]1. The number of anilines is 1. The summed E-state index contributed by atoms with van der Waals surface area (Å²) >= 11 is 0. The lowest BCUT2D eigenvalue weighted by Crippen LogP contribution is -2.15. The lowest BCUT2D eigenvalue weighted by atomic mass is 10.1. The normalized spacial score (nSPS) is 11.5. The van der Waals surface area contributed by atoms with Gasteiger partial charge in [-0.3, -0.25) is 4.79 Å². The van der Waals surface area contributed by atoms with E-state index in [2.05, 4.69) is 10.3 Å². The lowest BCUT2D eigenvalue weighted by molar-refractivity contribution is -0.137. The molecule has 0 fully saturated rings. The average Bonchev–Trinajstić information content (AvgIpc) is 2.67. The fourth-order valence-corrected chi connectivity index (χ4v) is 2.12. The Kier molecular flexibility index (Phi) is 4.06. The number of H-pyrrole nitrogens is 1. The molecule has 1 amide bonds. The monoisotopic (exact) mass is 296 g/mol. The van der Waals surface area contributed by atoms with Crippen molar-refractivity contribution in [1.82, 2.24) is 4.98 Å². The number of aromatic nitrogens is 1. The first kappa shape index (κ1) is 15.2. The number of carbonyl (C=O) groups excluding carboxylic acids is 1. The van der Waals surface area contributed by atoms with Gasteiger partial charge in [-0.25, -0.2) is 0 Å². The maximum Gasteiger partial charge on any atom is 0.416 e.